The Hall–Kier alpha value is -0.610. The monoisotopic (exact) mass is 255 g/mol. The highest BCUT2D eigenvalue weighted by molar-refractivity contribution is 5.81. The van der Waals surface area contributed by atoms with Crippen LogP contribution in [-0.2, 0) is 4.79 Å². The van der Waals surface area contributed by atoms with Gasteiger partial charge in [-0.05, 0) is 44.8 Å². The second-order valence-electron chi connectivity index (χ2n) is 5.37. The number of unbranched alkanes of at least 4 members (excludes halogenated alkanes) is 1. The summed E-state index contributed by atoms with van der Waals surface area (Å²) >= 11 is 0. The molecule has 0 aliphatic carbocycles. The summed E-state index contributed by atoms with van der Waals surface area (Å²) in [6.07, 6.45) is 5.31. The van der Waals surface area contributed by atoms with Gasteiger partial charge in [0.05, 0.1) is 6.04 Å². The van der Waals surface area contributed by atoms with E-state index in [1.165, 1.54) is 25.9 Å². The topological polar surface area (TPSA) is 58.4 Å². The number of nitrogens with one attached hydrogen (secondary N) is 1. The first-order chi connectivity index (χ1) is 8.67. The Morgan fingerprint density at radius 2 is 2.06 bits per heavy atom. The molecule has 4 heteroatoms. The Morgan fingerprint density at radius 1 is 1.39 bits per heavy atom. The van der Waals surface area contributed by atoms with Gasteiger partial charge in [-0.2, -0.15) is 0 Å². The first kappa shape index (κ1) is 15.4. The normalized spacial score (nSPS) is 19.7. The maximum absolute atomic E-state index is 11.8. The van der Waals surface area contributed by atoms with Crippen LogP contribution in [0.15, 0.2) is 0 Å². The lowest BCUT2D eigenvalue weighted by molar-refractivity contribution is -0.122. The Balaban J connectivity index is 2.15. The number of hydrogen-bond acceptors (Lipinski definition) is 3. The maximum atomic E-state index is 11.8. The van der Waals surface area contributed by atoms with E-state index in [0.717, 1.165) is 32.4 Å². The van der Waals surface area contributed by atoms with Crippen LogP contribution in [0.2, 0.25) is 0 Å². The predicted molar refractivity (Wildman–Crippen MR) is 75.3 cm³/mol. The van der Waals surface area contributed by atoms with E-state index in [1.807, 2.05) is 0 Å². The molecule has 0 unspecified atom stereocenters. The van der Waals surface area contributed by atoms with Gasteiger partial charge in [0, 0.05) is 6.54 Å². The zero-order chi connectivity index (χ0) is 13.4. The summed E-state index contributed by atoms with van der Waals surface area (Å²) in [4.78, 5) is 14.2. The number of amides is 1. The van der Waals surface area contributed by atoms with Crippen molar-refractivity contribution >= 4 is 5.91 Å². The number of carbonyl (C=O) groups is 1. The zero-order valence-electron chi connectivity index (χ0n) is 12.0. The van der Waals surface area contributed by atoms with Gasteiger partial charge in [-0.15, -0.1) is 0 Å². The third-order valence-corrected chi connectivity index (χ3v) is 3.92. The van der Waals surface area contributed by atoms with Crippen molar-refractivity contribution in [3.8, 4) is 0 Å². The largest absolute Gasteiger partial charge is 0.354 e. The van der Waals surface area contributed by atoms with Crippen LogP contribution in [0.5, 0.6) is 0 Å². The average molecular weight is 255 g/mol. The molecule has 1 aliphatic heterocycles. The molecule has 1 rings (SSSR count). The number of nitrogens with two attached hydrogens (primary N) is 1. The molecule has 0 bridgehead atoms. The van der Waals surface area contributed by atoms with Gasteiger partial charge in [0.25, 0.3) is 0 Å². The minimum absolute atomic E-state index is 0.0290. The van der Waals surface area contributed by atoms with Crippen LogP contribution in [-0.4, -0.2) is 43.0 Å². The molecule has 1 heterocycles. The van der Waals surface area contributed by atoms with Crippen LogP contribution < -0.4 is 11.1 Å². The lowest BCUT2D eigenvalue weighted by atomic mass is 9.96. The Labute approximate surface area is 111 Å². The molecule has 18 heavy (non-hydrogen) atoms. The molecule has 106 valence electrons. The van der Waals surface area contributed by atoms with Crippen molar-refractivity contribution in [1.82, 2.24) is 10.2 Å². The van der Waals surface area contributed by atoms with Crippen molar-refractivity contribution in [2.75, 3.05) is 26.2 Å². The van der Waals surface area contributed by atoms with Crippen molar-refractivity contribution < 1.29 is 4.79 Å². The summed E-state index contributed by atoms with van der Waals surface area (Å²) in [6, 6.07) is -0.319. The quantitative estimate of drug-likeness (QED) is 0.722. The fraction of sp³-hybridized carbons (Fsp3) is 0.929. The number of likely N-dealkylation sites (tertiary alicyclic amines) is 1. The van der Waals surface area contributed by atoms with Crippen molar-refractivity contribution in [3.05, 3.63) is 0 Å². The first-order valence-corrected chi connectivity index (χ1v) is 7.43. The van der Waals surface area contributed by atoms with E-state index in [1.54, 1.807) is 0 Å². The molecule has 0 saturated carbocycles. The maximum Gasteiger partial charge on any atom is 0.236 e. The highest BCUT2D eigenvalue weighted by atomic mass is 16.2. The molecule has 0 radical (unpaired) electrons. The molecule has 4 nitrogen and oxygen atoms in total. The SMILES string of the molecule is CCCC[C@H](N)C(=O)NCC1CCN(CC)CC1. The van der Waals surface area contributed by atoms with Gasteiger partial charge in [-0.1, -0.05) is 26.7 Å². The average Bonchev–Trinajstić information content (AvgIpc) is 2.42. The van der Waals surface area contributed by atoms with Crippen molar-refractivity contribution in [2.45, 2.75) is 52.0 Å². The van der Waals surface area contributed by atoms with Crippen LogP contribution in [0.25, 0.3) is 0 Å². The zero-order valence-corrected chi connectivity index (χ0v) is 12.0. The van der Waals surface area contributed by atoms with Gasteiger partial charge in [0.15, 0.2) is 0 Å². The van der Waals surface area contributed by atoms with Gasteiger partial charge in [0.2, 0.25) is 5.91 Å². The summed E-state index contributed by atoms with van der Waals surface area (Å²) in [5.74, 6) is 0.663. The van der Waals surface area contributed by atoms with Crippen LogP contribution in [0.4, 0.5) is 0 Å². The highest BCUT2D eigenvalue weighted by Gasteiger charge is 2.19. The Kier molecular flexibility index (Phi) is 7.28. The van der Waals surface area contributed by atoms with Crippen LogP contribution in [0.1, 0.15) is 46.0 Å². The van der Waals surface area contributed by atoms with Crippen LogP contribution in [0, 0.1) is 5.92 Å². The van der Waals surface area contributed by atoms with Gasteiger partial charge >= 0.3 is 0 Å². The van der Waals surface area contributed by atoms with Crippen molar-refractivity contribution in [2.24, 2.45) is 11.7 Å². The standard InChI is InChI=1S/C14H29N3O/c1-3-5-6-13(15)14(18)16-11-12-7-9-17(4-2)10-8-12/h12-13H,3-11,15H2,1-2H3,(H,16,18)/t13-/m0/s1. The van der Waals surface area contributed by atoms with Gasteiger partial charge in [0.1, 0.15) is 0 Å². The molecule has 1 aliphatic rings. The van der Waals surface area contributed by atoms with Gasteiger partial charge in [-0.25, -0.2) is 0 Å². The molecule has 0 aromatic carbocycles. The van der Waals surface area contributed by atoms with E-state index in [4.69, 9.17) is 5.73 Å². The van der Waals surface area contributed by atoms with E-state index >= 15 is 0 Å². The molecule has 1 saturated heterocycles. The third-order valence-electron chi connectivity index (χ3n) is 3.92. The number of carbonyl (C=O) groups excluding carboxylic acids is 1. The lowest BCUT2D eigenvalue weighted by Crippen LogP contribution is -2.44. The van der Waals surface area contributed by atoms with E-state index in [9.17, 15) is 4.79 Å². The molecular weight excluding hydrogens is 226 g/mol. The van der Waals surface area contributed by atoms with E-state index < -0.39 is 0 Å². The number of hydrogen-bond donors (Lipinski definition) is 2. The van der Waals surface area contributed by atoms with Crippen LogP contribution in [0.3, 0.4) is 0 Å². The van der Waals surface area contributed by atoms with Crippen molar-refractivity contribution in [1.29, 1.82) is 0 Å². The minimum atomic E-state index is -0.319. The van der Waals surface area contributed by atoms with E-state index in [-0.39, 0.29) is 11.9 Å². The van der Waals surface area contributed by atoms with Gasteiger partial charge in [-0.3, -0.25) is 4.79 Å². The third kappa shape index (κ3) is 5.36. The molecule has 1 fully saturated rings. The second kappa shape index (κ2) is 8.48. The first-order valence-electron chi connectivity index (χ1n) is 7.43. The molecule has 0 aromatic heterocycles. The summed E-state index contributed by atoms with van der Waals surface area (Å²) < 4.78 is 0. The molecule has 0 aromatic rings. The predicted octanol–water partition coefficient (Wildman–Crippen LogP) is 1.35. The fourth-order valence-electron chi connectivity index (χ4n) is 2.44. The van der Waals surface area contributed by atoms with Crippen molar-refractivity contribution in [3.63, 3.8) is 0 Å². The molecule has 3 N–H and O–H groups in total. The molecular formula is C14H29N3O. The minimum Gasteiger partial charge on any atom is -0.354 e. The summed E-state index contributed by atoms with van der Waals surface area (Å²) in [7, 11) is 0. The highest BCUT2D eigenvalue weighted by Crippen LogP contribution is 2.15. The van der Waals surface area contributed by atoms with E-state index in [0.29, 0.717) is 5.92 Å². The Morgan fingerprint density at radius 3 is 2.61 bits per heavy atom. The molecule has 1 amide bonds. The number of piperidine rings is 1. The molecule has 1 atom stereocenters. The second-order valence-corrected chi connectivity index (χ2v) is 5.37. The summed E-state index contributed by atoms with van der Waals surface area (Å²) in [6.45, 7) is 8.59. The lowest BCUT2D eigenvalue weighted by Gasteiger charge is -2.31. The number of nitrogens with zero attached hydrogens (tertiary/aromatic N) is 1. The van der Waals surface area contributed by atoms with Crippen LogP contribution >= 0.6 is 0 Å². The van der Waals surface area contributed by atoms with E-state index in [2.05, 4.69) is 24.1 Å². The number of rotatable bonds is 7. The molecule has 0 spiro atoms. The smallest absolute Gasteiger partial charge is 0.236 e. The Bertz CT molecular complexity index is 237. The summed E-state index contributed by atoms with van der Waals surface area (Å²) in [5.41, 5.74) is 5.84. The van der Waals surface area contributed by atoms with Gasteiger partial charge < -0.3 is 16.0 Å². The fourth-order valence-corrected chi connectivity index (χ4v) is 2.44. The summed E-state index contributed by atoms with van der Waals surface area (Å²) in [5, 5.41) is 3.01.